The van der Waals surface area contributed by atoms with Crippen LogP contribution in [-0.2, 0) is 11.2 Å². The van der Waals surface area contributed by atoms with Gasteiger partial charge in [-0.15, -0.1) is 0 Å². The van der Waals surface area contributed by atoms with E-state index < -0.39 is 12.0 Å². The number of hydrogen-bond acceptors (Lipinski definition) is 2. The smallest absolute Gasteiger partial charge is 0.325 e. The minimum Gasteiger partial charge on any atom is -0.480 e. The van der Waals surface area contributed by atoms with Crippen molar-refractivity contribution in [2.45, 2.75) is 19.4 Å². The number of carbonyl (C=O) groups is 1. The molecule has 2 N–H and O–H groups in total. The van der Waals surface area contributed by atoms with Crippen LogP contribution in [0.3, 0.4) is 0 Å². The summed E-state index contributed by atoms with van der Waals surface area (Å²) in [4.78, 5) is 11.1. The molecule has 0 amide bonds. The van der Waals surface area contributed by atoms with Gasteiger partial charge in [-0.05, 0) is 12.5 Å². The molecule has 15 heavy (non-hydrogen) atoms. The van der Waals surface area contributed by atoms with E-state index in [4.69, 9.17) is 17.3 Å². The molecule has 0 bridgehead atoms. The largest absolute Gasteiger partial charge is 0.480 e. The van der Waals surface area contributed by atoms with Crippen molar-refractivity contribution in [2.75, 3.05) is 0 Å². The molecule has 1 unspecified atom stereocenters. The molecule has 4 heteroatoms. The van der Waals surface area contributed by atoms with Crippen LogP contribution < -0.4 is 5.32 Å². The molecule has 0 aliphatic heterocycles. The summed E-state index contributed by atoms with van der Waals surface area (Å²) in [5.41, 5.74) is 1.08. The normalized spacial score (nSPS) is 11.8. The molecular weight excluding hydrogens is 210 g/mol. The van der Waals surface area contributed by atoms with Crippen LogP contribution in [0.2, 0.25) is 0 Å². The second kappa shape index (κ2) is 5.46. The van der Waals surface area contributed by atoms with E-state index in [-0.39, 0.29) is 0 Å². The van der Waals surface area contributed by atoms with Crippen LogP contribution in [0.5, 0.6) is 0 Å². The number of aliphatic carboxylic acids is 1. The van der Waals surface area contributed by atoms with Crippen molar-refractivity contribution in [1.82, 2.24) is 5.32 Å². The fourth-order valence-electron chi connectivity index (χ4n) is 1.14. The zero-order valence-electron chi connectivity index (χ0n) is 8.43. The molecule has 0 spiro atoms. The highest BCUT2D eigenvalue weighted by Gasteiger charge is 2.11. The van der Waals surface area contributed by atoms with Crippen LogP contribution in [0.25, 0.3) is 0 Å². The summed E-state index contributed by atoms with van der Waals surface area (Å²) in [7, 11) is 0. The van der Waals surface area contributed by atoms with E-state index in [1.54, 1.807) is 6.92 Å². The van der Waals surface area contributed by atoms with Gasteiger partial charge in [-0.1, -0.05) is 42.5 Å². The fourth-order valence-corrected chi connectivity index (χ4v) is 1.48. The van der Waals surface area contributed by atoms with Crippen molar-refractivity contribution in [1.29, 1.82) is 0 Å². The average molecular weight is 223 g/mol. The van der Waals surface area contributed by atoms with Gasteiger partial charge in [0.05, 0.1) is 4.99 Å². The van der Waals surface area contributed by atoms with Crippen molar-refractivity contribution < 1.29 is 9.90 Å². The van der Waals surface area contributed by atoms with Crippen LogP contribution in [-0.4, -0.2) is 22.1 Å². The van der Waals surface area contributed by atoms with Crippen LogP contribution >= 0.6 is 12.2 Å². The van der Waals surface area contributed by atoms with Crippen LogP contribution in [0.4, 0.5) is 0 Å². The third-order valence-electron chi connectivity index (χ3n) is 1.96. The Bertz CT molecular complexity index is 351. The van der Waals surface area contributed by atoms with Gasteiger partial charge in [0.2, 0.25) is 0 Å². The molecule has 3 nitrogen and oxygen atoms in total. The van der Waals surface area contributed by atoms with Gasteiger partial charge in [0, 0.05) is 6.42 Å². The second-order valence-electron chi connectivity index (χ2n) is 3.29. The standard InChI is InChI=1S/C11H13NO2S/c1-8(11(13)14)12-10(15)7-9-5-3-2-4-6-9/h2-6,8H,7H2,1H3,(H,12,15)(H,13,14). The third-order valence-corrected chi connectivity index (χ3v) is 2.22. The van der Waals surface area contributed by atoms with Gasteiger partial charge in [0.15, 0.2) is 0 Å². The van der Waals surface area contributed by atoms with E-state index in [2.05, 4.69) is 5.32 Å². The highest BCUT2D eigenvalue weighted by Crippen LogP contribution is 2.00. The molecule has 0 saturated carbocycles. The maximum absolute atomic E-state index is 10.6. The first-order valence-electron chi connectivity index (χ1n) is 4.65. The first-order valence-corrected chi connectivity index (χ1v) is 5.06. The summed E-state index contributed by atoms with van der Waals surface area (Å²) in [6.07, 6.45) is 0.577. The Balaban J connectivity index is 2.47. The molecule has 80 valence electrons. The van der Waals surface area contributed by atoms with E-state index in [1.165, 1.54) is 0 Å². The van der Waals surface area contributed by atoms with Gasteiger partial charge >= 0.3 is 5.97 Å². The Morgan fingerprint density at radius 1 is 1.47 bits per heavy atom. The van der Waals surface area contributed by atoms with E-state index in [9.17, 15) is 4.79 Å². The minimum atomic E-state index is -0.898. The zero-order valence-corrected chi connectivity index (χ0v) is 9.25. The summed E-state index contributed by atoms with van der Waals surface area (Å²) >= 11 is 5.06. The number of carboxylic acid groups (broad SMARTS) is 1. The van der Waals surface area contributed by atoms with Crippen LogP contribution in [0.15, 0.2) is 30.3 Å². The van der Waals surface area contributed by atoms with Crippen LogP contribution in [0.1, 0.15) is 12.5 Å². The summed E-state index contributed by atoms with van der Waals surface area (Å²) < 4.78 is 0. The molecule has 1 rings (SSSR count). The first-order chi connectivity index (χ1) is 7.09. The zero-order chi connectivity index (χ0) is 11.3. The molecule has 0 aromatic heterocycles. The Labute approximate surface area is 94.1 Å². The lowest BCUT2D eigenvalue weighted by Crippen LogP contribution is -2.38. The Morgan fingerprint density at radius 2 is 2.07 bits per heavy atom. The SMILES string of the molecule is CC(NC(=S)Cc1ccccc1)C(=O)O. The number of hydrogen-bond donors (Lipinski definition) is 2. The van der Waals surface area contributed by atoms with Gasteiger partial charge in [0.1, 0.15) is 6.04 Å². The highest BCUT2D eigenvalue weighted by molar-refractivity contribution is 7.80. The lowest BCUT2D eigenvalue weighted by atomic mass is 10.1. The second-order valence-corrected chi connectivity index (χ2v) is 3.78. The van der Waals surface area contributed by atoms with E-state index in [1.807, 2.05) is 30.3 Å². The molecule has 1 atom stereocenters. The molecule has 0 aliphatic rings. The van der Waals surface area contributed by atoms with Crippen molar-refractivity contribution in [2.24, 2.45) is 0 Å². The van der Waals surface area contributed by atoms with Crippen molar-refractivity contribution in [3.05, 3.63) is 35.9 Å². The predicted molar refractivity (Wildman–Crippen MR) is 63.0 cm³/mol. The fraction of sp³-hybridized carbons (Fsp3) is 0.273. The Hall–Kier alpha value is -1.42. The lowest BCUT2D eigenvalue weighted by Gasteiger charge is -2.11. The molecule has 0 saturated heterocycles. The minimum absolute atomic E-state index is 0.552. The van der Waals surface area contributed by atoms with Gasteiger partial charge in [-0.2, -0.15) is 0 Å². The van der Waals surface area contributed by atoms with Gasteiger partial charge in [-0.3, -0.25) is 4.79 Å². The van der Waals surface area contributed by atoms with Crippen LogP contribution in [0, 0.1) is 0 Å². The van der Waals surface area contributed by atoms with E-state index >= 15 is 0 Å². The number of rotatable bonds is 4. The van der Waals surface area contributed by atoms with Gasteiger partial charge in [-0.25, -0.2) is 0 Å². The summed E-state index contributed by atoms with van der Waals surface area (Å²) in [5, 5.41) is 11.4. The summed E-state index contributed by atoms with van der Waals surface area (Å²) in [6.45, 7) is 1.57. The summed E-state index contributed by atoms with van der Waals surface area (Å²) in [6, 6.07) is 9.07. The molecule has 0 fully saturated rings. The maximum Gasteiger partial charge on any atom is 0.325 e. The van der Waals surface area contributed by atoms with E-state index in [0.717, 1.165) is 5.56 Å². The summed E-state index contributed by atoms with van der Waals surface area (Å²) in [5.74, 6) is -0.898. The van der Waals surface area contributed by atoms with Crippen molar-refractivity contribution >= 4 is 23.2 Å². The topological polar surface area (TPSA) is 49.3 Å². The Morgan fingerprint density at radius 3 is 2.60 bits per heavy atom. The van der Waals surface area contributed by atoms with Gasteiger partial charge in [0.25, 0.3) is 0 Å². The molecule has 1 aromatic carbocycles. The molecular formula is C11H13NO2S. The molecule has 0 aliphatic carbocycles. The number of thiocarbonyl (C=S) groups is 1. The number of nitrogens with one attached hydrogen (secondary N) is 1. The predicted octanol–water partition coefficient (Wildman–Crippen LogP) is 1.62. The van der Waals surface area contributed by atoms with Gasteiger partial charge < -0.3 is 10.4 Å². The van der Waals surface area contributed by atoms with Crippen molar-refractivity contribution in [3.8, 4) is 0 Å². The molecule has 0 radical (unpaired) electrons. The van der Waals surface area contributed by atoms with Crippen molar-refractivity contribution in [3.63, 3.8) is 0 Å². The first kappa shape index (κ1) is 11.7. The number of benzene rings is 1. The molecule has 0 heterocycles. The van der Waals surface area contributed by atoms with E-state index in [0.29, 0.717) is 11.4 Å². The Kier molecular flexibility index (Phi) is 4.24. The number of carboxylic acids is 1. The molecule has 1 aromatic rings. The lowest BCUT2D eigenvalue weighted by molar-refractivity contribution is -0.138. The maximum atomic E-state index is 10.6. The third kappa shape index (κ3) is 4.08. The monoisotopic (exact) mass is 223 g/mol. The highest BCUT2D eigenvalue weighted by atomic mass is 32.1. The quantitative estimate of drug-likeness (QED) is 0.762. The average Bonchev–Trinajstić information content (AvgIpc) is 2.18.